The van der Waals surface area contributed by atoms with Gasteiger partial charge >= 0.3 is 12.1 Å². The second-order valence-electron chi connectivity index (χ2n) is 7.49. The van der Waals surface area contributed by atoms with Gasteiger partial charge in [-0.3, -0.25) is 4.79 Å². The molecule has 1 N–H and O–H groups in total. The van der Waals surface area contributed by atoms with Crippen LogP contribution < -0.4 is 15.0 Å². The second kappa shape index (κ2) is 9.88. The van der Waals surface area contributed by atoms with E-state index >= 15 is 0 Å². The van der Waals surface area contributed by atoms with Gasteiger partial charge in [0.15, 0.2) is 6.61 Å². The predicted molar refractivity (Wildman–Crippen MR) is 111 cm³/mol. The lowest BCUT2D eigenvalue weighted by atomic mass is 9.96. The van der Waals surface area contributed by atoms with Crippen LogP contribution in [0.4, 0.5) is 24.7 Å². The lowest BCUT2D eigenvalue weighted by molar-refractivity contribution is -0.143. The average molecular weight is 451 g/mol. The van der Waals surface area contributed by atoms with E-state index in [4.69, 9.17) is 4.74 Å². The summed E-state index contributed by atoms with van der Waals surface area (Å²) >= 11 is 0. The molecular weight excluding hydrogens is 427 g/mol. The van der Waals surface area contributed by atoms with Gasteiger partial charge in [-0.25, -0.2) is 9.78 Å². The number of carbonyl (C=O) groups is 2. The number of nitrogens with zero attached hydrogens (tertiary/aromatic N) is 2. The largest absolute Gasteiger partial charge is 0.482 e. The Labute approximate surface area is 183 Å². The van der Waals surface area contributed by atoms with E-state index in [1.54, 1.807) is 25.1 Å². The second-order valence-corrected chi connectivity index (χ2v) is 7.49. The average Bonchev–Trinajstić information content (AvgIpc) is 2.78. The molecule has 2 heterocycles. The molecule has 1 atom stereocenters. The highest BCUT2D eigenvalue weighted by molar-refractivity contribution is 5.93. The van der Waals surface area contributed by atoms with E-state index in [1.807, 2.05) is 0 Å². The molecule has 172 valence electrons. The lowest BCUT2D eigenvalue weighted by Crippen LogP contribution is -2.42. The van der Waals surface area contributed by atoms with Gasteiger partial charge in [0.2, 0.25) is 5.91 Å². The third kappa shape index (κ3) is 5.68. The minimum atomic E-state index is -4.52. The number of piperidine rings is 1. The zero-order valence-electron chi connectivity index (χ0n) is 17.7. The van der Waals surface area contributed by atoms with Gasteiger partial charge in [-0.2, -0.15) is 13.2 Å². The fourth-order valence-corrected chi connectivity index (χ4v) is 3.56. The maximum atomic E-state index is 13.4. The van der Waals surface area contributed by atoms with E-state index in [-0.39, 0.29) is 24.9 Å². The highest BCUT2D eigenvalue weighted by Gasteiger charge is 2.37. The highest BCUT2D eigenvalue weighted by atomic mass is 19.4. The number of aryl methyl sites for hydroxylation is 1. The summed E-state index contributed by atoms with van der Waals surface area (Å²) in [5.74, 6) is -0.971. The van der Waals surface area contributed by atoms with E-state index in [0.717, 1.165) is 11.6 Å². The van der Waals surface area contributed by atoms with E-state index in [0.29, 0.717) is 30.8 Å². The Hall–Kier alpha value is -3.30. The number of aromatic nitrogens is 1. The molecule has 0 radical (unpaired) electrons. The number of benzene rings is 1. The molecule has 1 aliphatic rings. The number of halogens is 3. The standard InChI is InChI=1S/C22H24F3N3O4/c1-14-11-16(32-13-19(29)31-2)7-8-18(14)27-21(30)15-5-4-10-28(12-15)20-17(22(23,24)25)6-3-9-26-20/h3,6-9,11,15H,4-5,10,12-13H2,1-2H3,(H,27,30). The summed E-state index contributed by atoms with van der Waals surface area (Å²) in [7, 11) is 1.26. The molecule has 1 fully saturated rings. The summed E-state index contributed by atoms with van der Waals surface area (Å²) < 4.78 is 49.9. The van der Waals surface area contributed by atoms with Gasteiger partial charge < -0.3 is 19.7 Å². The maximum absolute atomic E-state index is 13.4. The van der Waals surface area contributed by atoms with Gasteiger partial charge in [-0.05, 0) is 55.7 Å². The number of amides is 1. The predicted octanol–water partition coefficient (Wildman–Crippen LogP) is 3.82. The molecule has 1 aliphatic heterocycles. The molecule has 7 nitrogen and oxygen atoms in total. The zero-order chi connectivity index (χ0) is 23.3. The summed E-state index contributed by atoms with van der Waals surface area (Å²) in [5.41, 5.74) is 0.475. The molecule has 2 aromatic rings. The Morgan fingerprint density at radius 1 is 1.28 bits per heavy atom. The van der Waals surface area contributed by atoms with Crippen molar-refractivity contribution in [2.24, 2.45) is 5.92 Å². The summed E-state index contributed by atoms with van der Waals surface area (Å²) in [6, 6.07) is 7.19. The summed E-state index contributed by atoms with van der Waals surface area (Å²) in [6.07, 6.45) is -2.06. The summed E-state index contributed by atoms with van der Waals surface area (Å²) in [5, 5.41) is 2.84. The van der Waals surface area contributed by atoms with Crippen molar-refractivity contribution in [2.45, 2.75) is 25.9 Å². The van der Waals surface area contributed by atoms with Crippen LogP contribution in [0.25, 0.3) is 0 Å². The van der Waals surface area contributed by atoms with E-state index in [2.05, 4.69) is 15.0 Å². The Bertz CT molecular complexity index is 981. The molecule has 1 unspecified atom stereocenters. The Balaban J connectivity index is 1.67. The first-order valence-corrected chi connectivity index (χ1v) is 10.1. The third-order valence-electron chi connectivity index (χ3n) is 5.22. The quantitative estimate of drug-likeness (QED) is 0.673. The fourth-order valence-electron chi connectivity index (χ4n) is 3.56. The van der Waals surface area contributed by atoms with E-state index in [9.17, 15) is 22.8 Å². The smallest absolute Gasteiger partial charge is 0.419 e. The minimum absolute atomic E-state index is 0.144. The molecule has 1 aromatic carbocycles. The Morgan fingerprint density at radius 2 is 2.06 bits per heavy atom. The molecule has 32 heavy (non-hydrogen) atoms. The minimum Gasteiger partial charge on any atom is -0.482 e. The van der Waals surface area contributed by atoms with Gasteiger partial charge in [0, 0.05) is 25.0 Å². The number of rotatable bonds is 6. The molecule has 0 spiro atoms. The topological polar surface area (TPSA) is 80.8 Å². The van der Waals surface area contributed by atoms with Crippen LogP contribution in [-0.2, 0) is 20.5 Å². The number of esters is 1. The van der Waals surface area contributed by atoms with Crippen LogP contribution in [0.5, 0.6) is 5.75 Å². The first-order chi connectivity index (χ1) is 15.2. The van der Waals surface area contributed by atoms with E-state index < -0.39 is 23.6 Å². The number of alkyl halides is 3. The highest BCUT2D eigenvalue weighted by Crippen LogP contribution is 2.36. The number of pyridine rings is 1. The van der Waals surface area contributed by atoms with Crippen molar-refractivity contribution in [3.63, 3.8) is 0 Å². The SMILES string of the molecule is COC(=O)COc1ccc(NC(=O)C2CCCN(c3ncccc3C(F)(F)F)C2)c(C)c1. The van der Waals surface area contributed by atoms with Crippen LogP contribution in [0.2, 0.25) is 0 Å². The van der Waals surface area contributed by atoms with Crippen LogP contribution in [0.1, 0.15) is 24.0 Å². The molecule has 1 aromatic heterocycles. The monoisotopic (exact) mass is 451 g/mol. The van der Waals surface area contributed by atoms with Crippen molar-refractivity contribution in [3.8, 4) is 5.75 Å². The van der Waals surface area contributed by atoms with Crippen molar-refractivity contribution in [2.75, 3.05) is 37.0 Å². The molecule has 3 rings (SSSR count). The summed E-state index contributed by atoms with van der Waals surface area (Å²) in [4.78, 5) is 29.5. The lowest BCUT2D eigenvalue weighted by Gasteiger charge is -2.34. The first-order valence-electron chi connectivity index (χ1n) is 10.1. The summed E-state index contributed by atoms with van der Waals surface area (Å²) in [6.45, 7) is 2.09. The Morgan fingerprint density at radius 3 is 2.75 bits per heavy atom. The van der Waals surface area contributed by atoms with Gasteiger partial charge in [0.05, 0.1) is 18.6 Å². The van der Waals surface area contributed by atoms with Crippen molar-refractivity contribution in [3.05, 3.63) is 47.7 Å². The van der Waals surface area contributed by atoms with Crippen LogP contribution in [0, 0.1) is 12.8 Å². The molecule has 0 bridgehead atoms. The van der Waals surface area contributed by atoms with Crippen molar-refractivity contribution in [1.82, 2.24) is 4.98 Å². The zero-order valence-corrected chi connectivity index (χ0v) is 17.7. The van der Waals surface area contributed by atoms with Crippen LogP contribution in [0.15, 0.2) is 36.5 Å². The van der Waals surface area contributed by atoms with Gasteiger partial charge in [-0.1, -0.05) is 0 Å². The number of carbonyl (C=O) groups excluding carboxylic acids is 2. The number of anilines is 2. The fraction of sp³-hybridized carbons (Fsp3) is 0.409. The van der Waals surface area contributed by atoms with Crippen molar-refractivity contribution in [1.29, 1.82) is 0 Å². The molecule has 0 aliphatic carbocycles. The number of hydrogen-bond donors (Lipinski definition) is 1. The van der Waals surface area contributed by atoms with Crippen LogP contribution in [0.3, 0.4) is 0 Å². The van der Waals surface area contributed by atoms with Crippen molar-refractivity contribution >= 4 is 23.4 Å². The molecule has 1 amide bonds. The van der Waals surface area contributed by atoms with Crippen LogP contribution >= 0.6 is 0 Å². The molecule has 1 saturated heterocycles. The molecule has 0 saturated carbocycles. The van der Waals surface area contributed by atoms with E-state index in [1.165, 1.54) is 24.3 Å². The van der Waals surface area contributed by atoms with Crippen LogP contribution in [-0.4, -0.2) is 43.7 Å². The van der Waals surface area contributed by atoms with Gasteiger partial charge in [0.25, 0.3) is 0 Å². The van der Waals surface area contributed by atoms with Gasteiger partial charge in [0.1, 0.15) is 11.6 Å². The Kier molecular flexibility index (Phi) is 7.22. The number of nitrogens with one attached hydrogen (secondary N) is 1. The van der Waals surface area contributed by atoms with Crippen molar-refractivity contribution < 1.29 is 32.2 Å². The molecule has 10 heteroatoms. The number of methoxy groups -OCH3 is 1. The molecular formula is C22H24F3N3O4. The first kappa shape index (κ1) is 23.4. The third-order valence-corrected chi connectivity index (χ3v) is 5.22. The number of hydrogen-bond acceptors (Lipinski definition) is 6. The normalized spacial score (nSPS) is 16.4. The van der Waals surface area contributed by atoms with Gasteiger partial charge in [-0.15, -0.1) is 0 Å². The number of ether oxygens (including phenoxy) is 2. The maximum Gasteiger partial charge on any atom is 0.419 e.